The van der Waals surface area contributed by atoms with Crippen molar-refractivity contribution in [2.24, 2.45) is 14.1 Å². The van der Waals surface area contributed by atoms with Crippen molar-refractivity contribution in [1.29, 1.82) is 0 Å². The molecule has 0 saturated carbocycles. The molecule has 0 saturated heterocycles. The van der Waals surface area contributed by atoms with Gasteiger partial charge in [0.2, 0.25) is 0 Å². The van der Waals surface area contributed by atoms with Crippen molar-refractivity contribution in [3.63, 3.8) is 0 Å². The number of aryl methyl sites for hydroxylation is 2. The molecule has 0 aliphatic carbocycles. The van der Waals surface area contributed by atoms with Gasteiger partial charge in [0.25, 0.3) is 0 Å². The number of terminal acetylenes is 2. The van der Waals surface area contributed by atoms with E-state index in [1.54, 1.807) is 48.0 Å². The summed E-state index contributed by atoms with van der Waals surface area (Å²) in [5.41, 5.74) is -0.221. The summed E-state index contributed by atoms with van der Waals surface area (Å²) in [5, 5.41) is 17.4. The molecule has 6 nitrogen and oxygen atoms in total. The van der Waals surface area contributed by atoms with Crippen LogP contribution in [0.2, 0.25) is 0 Å². The van der Waals surface area contributed by atoms with Gasteiger partial charge in [-0.05, 0) is 19.1 Å². The number of Topliss-reactive ketones (excluding diaryl/α,β-unsaturated/α-hetero) is 1. The molecule has 2 heterocycles. The average molecular weight is 404 g/mol. The normalized spacial score (nSPS) is 10.8. The van der Waals surface area contributed by atoms with Gasteiger partial charge >= 0.3 is 23.1 Å². The van der Waals surface area contributed by atoms with E-state index in [0.717, 1.165) is 0 Å². The maximum atomic E-state index is 10.6. The van der Waals surface area contributed by atoms with Gasteiger partial charge in [-0.1, -0.05) is 5.92 Å². The summed E-state index contributed by atoms with van der Waals surface area (Å²) in [5.74, 6) is 2.26. The fourth-order valence-electron chi connectivity index (χ4n) is 1.35. The second-order valence-corrected chi connectivity index (χ2v) is 4.52. The van der Waals surface area contributed by atoms with E-state index in [4.69, 9.17) is 12.8 Å². The van der Waals surface area contributed by atoms with Gasteiger partial charge in [0, 0.05) is 33.4 Å². The van der Waals surface area contributed by atoms with E-state index < -0.39 is 5.60 Å². The Morgan fingerprint density at radius 3 is 1.96 bits per heavy atom. The molecule has 0 bridgehead atoms. The molecule has 2 aromatic heterocycles. The summed E-state index contributed by atoms with van der Waals surface area (Å²) in [6.45, 7) is 3.04. The molecule has 1 atom stereocenters. The zero-order valence-electron chi connectivity index (χ0n) is 14.2. The molecule has 1 N–H and O–H groups in total. The Bertz CT molecular complexity index is 684. The SMILES string of the molecule is C#CC(C)(O)c1ccn(C)n1.CC(=O)c1ccn(C)n1.[Br-].[C-]#C.[Mg+2]. The predicted molar refractivity (Wildman–Crippen MR) is 88.8 cm³/mol. The predicted octanol–water partition coefficient (Wildman–Crippen LogP) is -2.29. The van der Waals surface area contributed by atoms with Crippen LogP contribution in [0.5, 0.6) is 0 Å². The molecule has 0 fully saturated rings. The number of carbonyl (C=O) groups is 1. The Labute approximate surface area is 169 Å². The molecular weight excluding hydrogens is 384 g/mol. The van der Waals surface area contributed by atoms with E-state index in [1.165, 1.54) is 13.8 Å². The molecule has 0 radical (unpaired) electrons. The van der Waals surface area contributed by atoms with Crippen molar-refractivity contribution >= 4 is 28.8 Å². The number of aliphatic hydroxyl groups is 1. The second-order valence-electron chi connectivity index (χ2n) is 4.52. The molecule has 0 aromatic carbocycles. The molecular formula is C16H19BrMgN4O2. The van der Waals surface area contributed by atoms with E-state index in [-0.39, 0.29) is 45.8 Å². The summed E-state index contributed by atoms with van der Waals surface area (Å²) in [7, 11) is 3.56. The summed E-state index contributed by atoms with van der Waals surface area (Å²) in [6.07, 6.45) is 17.6. The minimum Gasteiger partial charge on any atom is -1.00 e. The molecule has 1 unspecified atom stereocenters. The first-order chi connectivity index (χ1) is 10.3. The number of carbonyl (C=O) groups excluding carboxylic acids is 1. The van der Waals surface area contributed by atoms with Crippen LogP contribution >= 0.6 is 0 Å². The number of hydrogen-bond donors (Lipinski definition) is 1. The van der Waals surface area contributed by atoms with Crippen LogP contribution in [0, 0.1) is 25.2 Å². The summed E-state index contributed by atoms with van der Waals surface area (Å²) >= 11 is 0. The van der Waals surface area contributed by atoms with Crippen LogP contribution in [-0.4, -0.2) is 53.5 Å². The Morgan fingerprint density at radius 2 is 1.71 bits per heavy atom. The molecule has 0 aliphatic rings. The molecule has 2 rings (SSSR count). The number of nitrogens with zero attached hydrogens (tertiary/aromatic N) is 4. The van der Waals surface area contributed by atoms with E-state index in [1.807, 2.05) is 0 Å². The third kappa shape index (κ3) is 8.89. The molecule has 8 heteroatoms. The number of hydrogen-bond acceptors (Lipinski definition) is 4. The molecule has 0 aliphatic heterocycles. The van der Waals surface area contributed by atoms with E-state index in [2.05, 4.69) is 22.5 Å². The van der Waals surface area contributed by atoms with Crippen LogP contribution in [0.1, 0.15) is 30.0 Å². The van der Waals surface area contributed by atoms with Gasteiger partial charge in [0.05, 0.1) is 0 Å². The van der Waals surface area contributed by atoms with Gasteiger partial charge in [-0.2, -0.15) is 10.2 Å². The molecule has 24 heavy (non-hydrogen) atoms. The Balaban J connectivity index is -0.000000313. The number of aromatic nitrogens is 4. The number of ketones is 1. The van der Waals surface area contributed by atoms with Gasteiger partial charge < -0.3 is 34.9 Å². The Hall–Kier alpha value is -1.58. The Morgan fingerprint density at radius 1 is 1.25 bits per heavy atom. The van der Waals surface area contributed by atoms with Crippen molar-refractivity contribution in [1.82, 2.24) is 19.6 Å². The first kappa shape index (κ1) is 27.3. The van der Waals surface area contributed by atoms with Crippen LogP contribution in [0.4, 0.5) is 0 Å². The van der Waals surface area contributed by atoms with Crippen LogP contribution < -0.4 is 17.0 Å². The topological polar surface area (TPSA) is 72.9 Å². The molecule has 2 aromatic rings. The van der Waals surface area contributed by atoms with E-state index in [0.29, 0.717) is 11.4 Å². The first-order valence-electron chi connectivity index (χ1n) is 6.26. The van der Waals surface area contributed by atoms with Crippen LogP contribution in [0.15, 0.2) is 24.5 Å². The monoisotopic (exact) mass is 402 g/mol. The summed E-state index contributed by atoms with van der Waals surface area (Å²) in [4.78, 5) is 10.6. The van der Waals surface area contributed by atoms with Gasteiger partial charge in [-0.25, -0.2) is 0 Å². The second kappa shape index (κ2) is 12.8. The van der Waals surface area contributed by atoms with Crippen molar-refractivity contribution in [3.8, 4) is 18.8 Å². The van der Waals surface area contributed by atoms with Crippen LogP contribution in [-0.2, 0) is 19.7 Å². The zero-order valence-corrected chi connectivity index (χ0v) is 17.2. The van der Waals surface area contributed by atoms with Gasteiger partial charge in [0.1, 0.15) is 11.4 Å². The van der Waals surface area contributed by atoms with Crippen molar-refractivity contribution in [3.05, 3.63) is 42.3 Å². The van der Waals surface area contributed by atoms with Crippen molar-refractivity contribution in [2.45, 2.75) is 19.4 Å². The maximum absolute atomic E-state index is 10.6. The largest absolute Gasteiger partial charge is 2.00 e. The number of rotatable bonds is 2. The minimum atomic E-state index is -1.25. The first-order valence-corrected chi connectivity index (χ1v) is 6.26. The smallest absolute Gasteiger partial charge is 1.00 e. The quantitative estimate of drug-likeness (QED) is 0.265. The summed E-state index contributed by atoms with van der Waals surface area (Å²) in [6, 6.07) is 3.39. The fourth-order valence-corrected chi connectivity index (χ4v) is 1.35. The third-order valence-electron chi connectivity index (χ3n) is 2.57. The fraction of sp³-hybridized carbons (Fsp3) is 0.312. The summed E-state index contributed by atoms with van der Waals surface area (Å²) < 4.78 is 3.21. The third-order valence-corrected chi connectivity index (χ3v) is 2.57. The Kier molecular flexibility index (Phi) is 14.5. The standard InChI is InChI=1S/C8H10N2O.C6H8N2O.C2H.BrH.Mg/c1-4-8(2,11)7-5-6-10(3)9-7;1-5(9)6-3-4-8(2)7-6;1-2;;/h1,5-6,11H,2-3H3;3-4H,1-2H3;1H;1H;/q;;-1;;+2/p-1. The molecule has 0 spiro atoms. The zero-order chi connectivity index (χ0) is 17.3. The van der Waals surface area contributed by atoms with E-state index >= 15 is 0 Å². The van der Waals surface area contributed by atoms with Gasteiger partial charge in [-0.15, -0.1) is 6.42 Å². The number of halogens is 1. The minimum absolute atomic E-state index is 0. The van der Waals surface area contributed by atoms with Gasteiger partial charge in [0.15, 0.2) is 11.4 Å². The van der Waals surface area contributed by atoms with Gasteiger partial charge in [-0.3, -0.25) is 14.2 Å². The van der Waals surface area contributed by atoms with Crippen molar-refractivity contribution < 1.29 is 26.9 Å². The molecule has 124 valence electrons. The van der Waals surface area contributed by atoms with Crippen LogP contribution in [0.25, 0.3) is 0 Å². The van der Waals surface area contributed by atoms with Crippen LogP contribution in [0.3, 0.4) is 0 Å². The average Bonchev–Trinajstić information content (AvgIpc) is 3.11. The molecule has 0 amide bonds. The maximum Gasteiger partial charge on any atom is 2.00 e. The van der Waals surface area contributed by atoms with Crippen molar-refractivity contribution in [2.75, 3.05) is 0 Å². The van der Waals surface area contributed by atoms with E-state index in [9.17, 15) is 9.90 Å².